The average molecular weight is 545 g/mol. The first-order valence-electron chi connectivity index (χ1n) is 14.1. The number of aromatic nitrogens is 3. The van der Waals surface area contributed by atoms with Gasteiger partial charge in [-0.25, -0.2) is 4.98 Å². The van der Waals surface area contributed by atoms with Crippen LogP contribution in [0.2, 0.25) is 0 Å². The second kappa shape index (κ2) is 11.8. The summed E-state index contributed by atoms with van der Waals surface area (Å²) in [6.07, 6.45) is 2.36. The van der Waals surface area contributed by atoms with Gasteiger partial charge in [0.25, 0.3) is 0 Å². The van der Waals surface area contributed by atoms with Crippen LogP contribution < -0.4 is 5.32 Å². The van der Waals surface area contributed by atoms with Crippen LogP contribution >= 0.6 is 0 Å². The summed E-state index contributed by atoms with van der Waals surface area (Å²) in [5.41, 5.74) is 3.88. The molecule has 3 heterocycles. The van der Waals surface area contributed by atoms with E-state index in [4.69, 9.17) is 0 Å². The average Bonchev–Trinajstić information content (AvgIpc) is 3.29. The highest BCUT2D eigenvalue weighted by atomic mass is 19.4. The normalized spacial score (nSPS) is 22.3. The molecule has 0 radical (unpaired) electrons. The highest BCUT2D eigenvalue weighted by Gasteiger charge is 2.39. The van der Waals surface area contributed by atoms with Crippen molar-refractivity contribution in [2.75, 3.05) is 38.5 Å². The molecule has 5 rings (SSSR count). The quantitative estimate of drug-likeness (QED) is 0.392. The third-order valence-electron chi connectivity index (χ3n) is 8.17. The van der Waals surface area contributed by atoms with Gasteiger partial charge in [0, 0.05) is 62.1 Å². The Morgan fingerprint density at radius 2 is 1.74 bits per heavy atom. The third-order valence-corrected chi connectivity index (χ3v) is 8.17. The van der Waals surface area contributed by atoms with Crippen LogP contribution in [0.1, 0.15) is 57.1 Å². The standard InChI is InChI=1S/C29H39F3N6O/c1-3-4-26(29(30,31)32)34-28-33-17-24-25(19-38(27(24)35-28)22-9-11-23(39)12-10-22)21-7-5-20(6-8-21)18-37-15-13-36(2)14-16-37/h5-8,17,19,22-23,26,39H,3-4,9-16,18H2,1-2H3,(H,33,34,35)/t22?,23?,26-/m0/s1. The van der Waals surface area contributed by atoms with E-state index in [-0.39, 0.29) is 24.5 Å². The molecule has 1 saturated heterocycles. The number of halogens is 3. The fourth-order valence-electron chi connectivity index (χ4n) is 5.76. The number of nitrogens with zero attached hydrogens (tertiary/aromatic N) is 5. The van der Waals surface area contributed by atoms with Crippen LogP contribution in [-0.2, 0) is 6.54 Å². The van der Waals surface area contributed by atoms with Gasteiger partial charge in [0.2, 0.25) is 5.95 Å². The van der Waals surface area contributed by atoms with Crippen LogP contribution in [0.3, 0.4) is 0 Å². The van der Waals surface area contributed by atoms with Crippen molar-refractivity contribution in [1.29, 1.82) is 0 Å². The molecule has 2 fully saturated rings. The summed E-state index contributed by atoms with van der Waals surface area (Å²) in [5, 5.41) is 13.4. The lowest BCUT2D eigenvalue weighted by molar-refractivity contribution is -0.143. The minimum Gasteiger partial charge on any atom is -0.393 e. The molecule has 212 valence electrons. The van der Waals surface area contributed by atoms with Crippen molar-refractivity contribution >= 4 is 17.0 Å². The topological polar surface area (TPSA) is 69.5 Å². The Kier molecular flexibility index (Phi) is 8.44. The van der Waals surface area contributed by atoms with E-state index < -0.39 is 12.2 Å². The van der Waals surface area contributed by atoms with E-state index in [0.29, 0.717) is 24.9 Å². The van der Waals surface area contributed by atoms with Gasteiger partial charge >= 0.3 is 6.18 Å². The van der Waals surface area contributed by atoms with Gasteiger partial charge in [-0.05, 0) is 50.3 Å². The Balaban J connectivity index is 1.45. The van der Waals surface area contributed by atoms with E-state index >= 15 is 0 Å². The minimum atomic E-state index is -4.38. The Morgan fingerprint density at radius 3 is 2.38 bits per heavy atom. The number of fused-ring (bicyclic) bond motifs is 1. The van der Waals surface area contributed by atoms with Crippen LogP contribution in [0.4, 0.5) is 19.1 Å². The number of aliphatic hydroxyl groups excluding tert-OH is 1. The summed E-state index contributed by atoms with van der Waals surface area (Å²) in [6.45, 7) is 6.92. The summed E-state index contributed by atoms with van der Waals surface area (Å²) in [4.78, 5) is 13.7. The number of nitrogens with one attached hydrogen (secondary N) is 1. The molecule has 2 aromatic heterocycles. The van der Waals surface area contributed by atoms with Gasteiger partial charge in [0.05, 0.1) is 6.10 Å². The Labute approximate surface area is 228 Å². The zero-order valence-corrected chi connectivity index (χ0v) is 22.8. The summed E-state index contributed by atoms with van der Waals surface area (Å²) in [5.74, 6) is -0.0115. The molecule has 1 aliphatic carbocycles. The molecule has 0 bridgehead atoms. The monoisotopic (exact) mass is 544 g/mol. The molecule has 7 nitrogen and oxygen atoms in total. The largest absolute Gasteiger partial charge is 0.408 e. The zero-order chi connectivity index (χ0) is 27.6. The van der Waals surface area contributed by atoms with Crippen LogP contribution in [0, 0.1) is 0 Å². The van der Waals surface area contributed by atoms with E-state index in [0.717, 1.165) is 62.1 Å². The Hall–Kier alpha value is -2.69. The molecular formula is C29H39F3N6O. The van der Waals surface area contributed by atoms with Crippen molar-refractivity contribution in [2.45, 2.75) is 76.4 Å². The summed E-state index contributed by atoms with van der Waals surface area (Å²) < 4.78 is 42.8. The number of rotatable bonds is 8. The van der Waals surface area contributed by atoms with Crippen molar-refractivity contribution in [3.05, 3.63) is 42.2 Å². The molecule has 1 aromatic carbocycles. The number of likely N-dealkylation sites (N-methyl/N-ethyl adjacent to an activating group) is 1. The first-order chi connectivity index (χ1) is 18.7. The molecule has 10 heteroatoms. The minimum absolute atomic E-state index is 0.0115. The number of hydrogen-bond acceptors (Lipinski definition) is 6. The predicted octanol–water partition coefficient (Wildman–Crippen LogP) is 5.46. The highest BCUT2D eigenvalue weighted by Crippen LogP contribution is 2.37. The summed E-state index contributed by atoms with van der Waals surface area (Å²) in [6, 6.07) is 6.97. The van der Waals surface area contributed by atoms with Crippen molar-refractivity contribution in [2.24, 2.45) is 0 Å². The number of hydrogen-bond donors (Lipinski definition) is 2. The molecule has 3 aromatic rings. The van der Waals surface area contributed by atoms with Crippen LogP contribution in [0.25, 0.3) is 22.2 Å². The highest BCUT2D eigenvalue weighted by molar-refractivity contribution is 5.94. The fourth-order valence-corrected chi connectivity index (χ4v) is 5.76. The maximum absolute atomic E-state index is 13.6. The van der Waals surface area contributed by atoms with Gasteiger partial charge in [-0.1, -0.05) is 37.6 Å². The van der Waals surface area contributed by atoms with Crippen LogP contribution in [0.5, 0.6) is 0 Å². The van der Waals surface area contributed by atoms with Gasteiger partial charge in [-0.15, -0.1) is 0 Å². The SMILES string of the molecule is CCC[C@H](Nc1ncc2c(-c3ccc(CN4CCN(C)CC4)cc3)cn(C3CCC(O)CC3)c2n1)C(F)(F)F. The molecule has 2 aliphatic rings. The van der Waals surface area contributed by atoms with Gasteiger partial charge in [-0.2, -0.15) is 18.2 Å². The third kappa shape index (κ3) is 6.56. The van der Waals surface area contributed by atoms with Gasteiger partial charge in [0.1, 0.15) is 11.7 Å². The van der Waals surface area contributed by atoms with Gasteiger partial charge < -0.3 is 19.9 Å². The first-order valence-corrected chi connectivity index (χ1v) is 14.1. The first kappa shape index (κ1) is 27.9. The number of anilines is 1. The van der Waals surface area contributed by atoms with E-state index in [2.05, 4.69) is 67.2 Å². The molecule has 1 aliphatic heterocycles. The van der Waals surface area contributed by atoms with E-state index in [1.165, 1.54) is 5.56 Å². The predicted molar refractivity (Wildman–Crippen MR) is 148 cm³/mol. The number of aliphatic hydroxyl groups is 1. The summed E-state index contributed by atoms with van der Waals surface area (Å²) >= 11 is 0. The molecule has 0 unspecified atom stereocenters. The van der Waals surface area contributed by atoms with E-state index in [9.17, 15) is 18.3 Å². The van der Waals surface area contributed by atoms with Crippen LogP contribution in [-0.4, -0.2) is 81.0 Å². The van der Waals surface area contributed by atoms with Crippen LogP contribution in [0.15, 0.2) is 36.7 Å². The Bertz CT molecular complexity index is 1230. The Morgan fingerprint density at radius 1 is 1.05 bits per heavy atom. The second-order valence-electron chi connectivity index (χ2n) is 11.1. The molecule has 1 saturated carbocycles. The molecule has 39 heavy (non-hydrogen) atoms. The lowest BCUT2D eigenvalue weighted by atomic mass is 9.93. The maximum Gasteiger partial charge on any atom is 0.408 e. The number of piperazine rings is 1. The van der Waals surface area contributed by atoms with Gasteiger partial charge in [-0.3, -0.25) is 4.90 Å². The van der Waals surface area contributed by atoms with Crippen molar-refractivity contribution in [3.63, 3.8) is 0 Å². The van der Waals surface area contributed by atoms with Crippen molar-refractivity contribution in [1.82, 2.24) is 24.3 Å². The van der Waals surface area contributed by atoms with Gasteiger partial charge in [0.15, 0.2) is 0 Å². The number of alkyl halides is 3. The number of benzene rings is 1. The molecule has 1 atom stereocenters. The molecule has 0 amide bonds. The smallest absolute Gasteiger partial charge is 0.393 e. The van der Waals surface area contributed by atoms with Crippen molar-refractivity contribution in [3.8, 4) is 11.1 Å². The summed E-state index contributed by atoms with van der Waals surface area (Å²) in [7, 11) is 2.15. The van der Waals surface area contributed by atoms with E-state index in [1.807, 2.05) is 0 Å². The second-order valence-corrected chi connectivity index (χ2v) is 11.1. The molecular weight excluding hydrogens is 505 g/mol. The molecule has 0 spiro atoms. The lowest BCUT2D eigenvalue weighted by Gasteiger charge is -2.32. The maximum atomic E-state index is 13.6. The lowest BCUT2D eigenvalue weighted by Crippen LogP contribution is -2.43. The van der Waals surface area contributed by atoms with Crippen molar-refractivity contribution < 1.29 is 18.3 Å². The fraction of sp³-hybridized carbons (Fsp3) is 0.586. The zero-order valence-electron chi connectivity index (χ0n) is 22.8. The molecule has 2 N–H and O–H groups in total. The van der Waals surface area contributed by atoms with E-state index in [1.54, 1.807) is 13.1 Å².